The van der Waals surface area contributed by atoms with Gasteiger partial charge in [-0.1, -0.05) is 18.8 Å². The molecule has 0 aliphatic heterocycles. The Morgan fingerprint density at radius 1 is 1.62 bits per heavy atom. The highest BCUT2D eigenvalue weighted by Crippen LogP contribution is 2.31. The maximum atomic E-state index is 11.0. The van der Waals surface area contributed by atoms with Crippen LogP contribution in [-0.2, 0) is 9.53 Å². The van der Waals surface area contributed by atoms with Crippen LogP contribution in [0.25, 0.3) is 0 Å². The topological polar surface area (TPSA) is 38.3 Å². The highest BCUT2D eigenvalue weighted by molar-refractivity contribution is 5.71. The number of hydrogen-bond donors (Lipinski definition) is 1. The normalized spacial score (nSPS) is 15.0. The molecule has 0 amide bonds. The highest BCUT2D eigenvalue weighted by Gasteiger charge is 2.20. The third-order valence-electron chi connectivity index (χ3n) is 1.98. The molecule has 0 saturated heterocycles. The van der Waals surface area contributed by atoms with Gasteiger partial charge in [-0.05, 0) is 12.3 Å². The van der Waals surface area contributed by atoms with Crippen LogP contribution in [0.4, 0.5) is 0 Å². The Morgan fingerprint density at radius 2 is 2.38 bits per heavy atom. The molecule has 0 atom stereocenters. The lowest BCUT2D eigenvalue weighted by atomic mass is 10.3. The smallest absolute Gasteiger partial charge is 0.319 e. The first-order valence-electron chi connectivity index (χ1n) is 4.62. The number of carbonyl (C=O) groups is 1. The summed E-state index contributed by atoms with van der Waals surface area (Å²) in [5.41, 5.74) is 0. The van der Waals surface area contributed by atoms with Crippen LogP contribution in [-0.4, -0.2) is 25.7 Å². The van der Waals surface area contributed by atoms with Crippen molar-refractivity contribution in [3.63, 3.8) is 0 Å². The van der Waals surface area contributed by atoms with Crippen molar-refractivity contribution in [2.24, 2.45) is 5.92 Å². The number of esters is 1. The summed E-state index contributed by atoms with van der Waals surface area (Å²) in [6.45, 7) is 1.19. The molecule has 1 N–H and O–H groups in total. The summed E-state index contributed by atoms with van der Waals surface area (Å²) in [4.78, 5) is 11.0. The van der Waals surface area contributed by atoms with Crippen molar-refractivity contribution in [1.82, 2.24) is 5.32 Å². The summed E-state index contributed by atoms with van der Waals surface area (Å²) in [6, 6.07) is 0. The molecule has 1 rings (SSSR count). The Morgan fingerprint density at radius 3 is 3.00 bits per heavy atom. The van der Waals surface area contributed by atoms with Crippen LogP contribution in [0.3, 0.4) is 0 Å². The molecule has 3 nitrogen and oxygen atoms in total. The van der Waals surface area contributed by atoms with Crippen LogP contribution in [0, 0.1) is 18.3 Å². The van der Waals surface area contributed by atoms with Gasteiger partial charge in [0.1, 0.15) is 0 Å². The summed E-state index contributed by atoms with van der Waals surface area (Å²) in [6.07, 6.45) is 8.61. The first-order chi connectivity index (χ1) is 6.33. The molecule has 0 spiro atoms. The van der Waals surface area contributed by atoms with E-state index in [1.807, 2.05) is 0 Å². The van der Waals surface area contributed by atoms with Crippen molar-refractivity contribution in [2.45, 2.75) is 19.3 Å². The van der Waals surface area contributed by atoms with Gasteiger partial charge >= 0.3 is 5.97 Å². The van der Waals surface area contributed by atoms with E-state index in [1.165, 1.54) is 12.8 Å². The van der Waals surface area contributed by atoms with E-state index in [4.69, 9.17) is 11.2 Å². The quantitative estimate of drug-likeness (QED) is 0.369. The van der Waals surface area contributed by atoms with Crippen molar-refractivity contribution in [3.05, 3.63) is 0 Å². The molecule has 1 aliphatic carbocycles. The molecule has 0 radical (unpaired) electrons. The van der Waals surface area contributed by atoms with Gasteiger partial charge in [0.15, 0.2) is 0 Å². The van der Waals surface area contributed by atoms with Crippen LogP contribution in [0.2, 0.25) is 0 Å². The van der Waals surface area contributed by atoms with Gasteiger partial charge in [-0.25, -0.2) is 0 Å². The van der Waals surface area contributed by atoms with Crippen LogP contribution < -0.4 is 5.32 Å². The second kappa shape index (κ2) is 5.60. The number of carbonyl (C=O) groups excluding carboxylic acids is 1. The molecule has 0 aromatic heterocycles. The van der Waals surface area contributed by atoms with E-state index in [-0.39, 0.29) is 12.5 Å². The third-order valence-corrected chi connectivity index (χ3v) is 1.98. The van der Waals surface area contributed by atoms with Gasteiger partial charge in [0.2, 0.25) is 0 Å². The van der Waals surface area contributed by atoms with Crippen LogP contribution in [0.5, 0.6) is 0 Å². The average molecular weight is 181 g/mol. The number of terminal acetylenes is 1. The molecule has 13 heavy (non-hydrogen) atoms. The Hall–Kier alpha value is -1.01. The molecule has 1 aliphatic rings. The van der Waals surface area contributed by atoms with Gasteiger partial charge in [-0.15, -0.1) is 6.42 Å². The molecule has 0 heterocycles. The van der Waals surface area contributed by atoms with Crippen LogP contribution in [0.15, 0.2) is 0 Å². The minimum absolute atomic E-state index is 0.212. The molecular formula is C10H15NO2. The zero-order valence-electron chi connectivity index (χ0n) is 7.71. The largest absolute Gasteiger partial charge is 0.465 e. The van der Waals surface area contributed by atoms with Crippen molar-refractivity contribution in [3.8, 4) is 12.3 Å². The Bertz CT molecular complexity index is 203. The summed E-state index contributed by atoms with van der Waals surface area (Å²) in [7, 11) is 0. The van der Waals surface area contributed by atoms with E-state index >= 15 is 0 Å². The van der Waals surface area contributed by atoms with Crippen molar-refractivity contribution in [2.75, 3.05) is 19.7 Å². The highest BCUT2D eigenvalue weighted by atomic mass is 16.5. The fourth-order valence-corrected chi connectivity index (χ4v) is 1.03. The molecular weight excluding hydrogens is 166 g/mol. The van der Waals surface area contributed by atoms with Gasteiger partial charge < -0.3 is 4.74 Å². The van der Waals surface area contributed by atoms with E-state index in [0.29, 0.717) is 13.2 Å². The minimum atomic E-state index is -0.212. The first kappa shape index (κ1) is 10.1. The molecule has 0 aromatic carbocycles. The summed E-state index contributed by atoms with van der Waals surface area (Å²) >= 11 is 0. The summed E-state index contributed by atoms with van der Waals surface area (Å²) < 4.78 is 4.97. The number of nitrogens with one attached hydrogen (secondary N) is 1. The average Bonchev–Trinajstić information content (AvgIpc) is 2.89. The molecule has 72 valence electrons. The predicted octanol–water partition coefficient (Wildman–Crippen LogP) is 0.552. The molecule has 3 heteroatoms. The predicted molar refractivity (Wildman–Crippen MR) is 50.0 cm³/mol. The van der Waals surface area contributed by atoms with Crippen LogP contribution in [0.1, 0.15) is 19.3 Å². The lowest BCUT2D eigenvalue weighted by molar-refractivity contribution is -0.142. The maximum absolute atomic E-state index is 11.0. The third kappa shape index (κ3) is 5.26. The molecule has 1 saturated carbocycles. The van der Waals surface area contributed by atoms with Gasteiger partial charge in [-0.2, -0.15) is 0 Å². The number of ether oxygens (including phenoxy) is 1. The fraction of sp³-hybridized carbons (Fsp3) is 0.700. The van der Waals surface area contributed by atoms with E-state index in [0.717, 1.165) is 12.3 Å². The summed E-state index contributed by atoms with van der Waals surface area (Å²) in [5, 5.41) is 2.78. The van der Waals surface area contributed by atoms with E-state index in [1.54, 1.807) is 0 Å². The van der Waals surface area contributed by atoms with Gasteiger partial charge in [0.25, 0.3) is 0 Å². The van der Waals surface area contributed by atoms with Gasteiger partial charge in [0, 0.05) is 0 Å². The summed E-state index contributed by atoms with van der Waals surface area (Å²) in [5.74, 6) is 2.99. The standard InChI is InChI=1S/C10H15NO2/c1-2-6-11-8-10(12)13-7-5-9-3-4-9/h1,9,11H,3-8H2. The van der Waals surface area contributed by atoms with Crippen molar-refractivity contribution in [1.29, 1.82) is 0 Å². The fourth-order valence-electron chi connectivity index (χ4n) is 1.03. The zero-order chi connectivity index (χ0) is 9.52. The lowest BCUT2D eigenvalue weighted by Crippen LogP contribution is -2.25. The van der Waals surface area contributed by atoms with Gasteiger partial charge in [0.05, 0.1) is 19.7 Å². The van der Waals surface area contributed by atoms with Crippen LogP contribution >= 0.6 is 0 Å². The molecule has 0 bridgehead atoms. The second-order valence-corrected chi connectivity index (χ2v) is 3.26. The first-order valence-corrected chi connectivity index (χ1v) is 4.62. The maximum Gasteiger partial charge on any atom is 0.319 e. The monoisotopic (exact) mass is 181 g/mol. The van der Waals surface area contributed by atoms with E-state index in [9.17, 15) is 4.79 Å². The SMILES string of the molecule is C#CCNCC(=O)OCCC1CC1. The Kier molecular flexibility index (Phi) is 4.34. The number of hydrogen-bond acceptors (Lipinski definition) is 3. The van der Waals surface area contributed by atoms with E-state index in [2.05, 4.69) is 11.2 Å². The molecule has 1 fully saturated rings. The number of rotatable bonds is 6. The molecule has 0 unspecified atom stereocenters. The second-order valence-electron chi connectivity index (χ2n) is 3.26. The minimum Gasteiger partial charge on any atom is -0.465 e. The van der Waals surface area contributed by atoms with Crippen molar-refractivity contribution >= 4 is 5.97 Å². The van der Waals surface area contributed by atoms with Crippen molar-refractivity contribution < 1.29 is 9.53 Å². The van der Waals surface area contributed by atoms with Gasteiger partial charge in [-0.3, -0.25) is 10.1 Å². The lowest BCUT2D eigenvalue weighted by Gasteiger charge is -2.03. The Balaban J connectivity index is 1.88. The molecule has 0 aromatic rings. The zero-order valence-corrected chi connectivity index (χ0v) is 7.71. The van der Waals surface area contributed by atoms with E-state index < -0.39 is 0 Å². The Labute approximate surface area is 78.8 Å².